The van der Waals surface area contributed by atoms with E-state index in [2.05, 4.69) is 37.9 Å². The van der Waals surface area contributed by atoms with Crippen LogP contribution in [0.2, 0.25) is 0 Å². The van der Waals surface area contributed by atoms with Crippen LogP contribution in [0.25, 0.3) is 0 Å². The largest absolute Gasteiger partial charge is 0.339 e. The van der Waals surface area contributed by atoms with E-state index in [1.165, 1.54) is 0 Å². The van der Waals surface area contributed by atoms with Crippen molar-refractivity contribution in [2.75, 3.05) is 19.6 Å². The fraction of sp³-hybridized carbons (Fsp3) is 0.933. The van der Waals surface area contributed by atoms with Gasteiger partial charge >= 0.3 is 0 Å². The number of rotatable bonds is 7. The summed E-state index contributed by atoms with van der Waals surface area (Å²) in [7, 11) is 0. The first-order chi connectivity index (χ1) is 8.61. The third kappa shape index (κ3) is 3.25. The van der Waals surface area contributed by atoms with Crippen LogP contribution in [-0.4, -0.2) is 36.5 Å². The van der Waals surface area contributed by atoms with Crippen LogP contribution in [0, 0.1) is 5.41 Å². The van der Waals surface area contributed by atoms with E-state index in [1.807, 2.05) is 0 Å². The number of nitrogens with zero attached hydrogens (tertiary/aromatic N) is 1. The molecule has 0 spiro atoms. The van der Waals surface area contributed by atoms with Crippen molar-refractivity contribution in [3.8, 4) is 0 Å². The summed E-state index contributed by atoms with van der Waals surface area (Å²) in [5.74, 6) is 0.387. The topological polar surface area (TPSA) is 32.3 Å². The summed E-state index contributed by atoms with van der Waals surface area (Å²) >= 11 is 0. The molecule has 2 unspecified atom stereocenters. The molecule has 1 fully saturated rings. The van der Waals surface area contributed by atoms with Crippen molar-refractivity contribution in [3.05, 3.63) is 0 Å². The van der Waals surface area contributed by atoms with Crippen molar-refractivity contribution in [1.29, 1.82) is 0 Å². The van der Waals surface area contributed by atoms with Crippen molar-refractivity contribution in [2.45, 2.75) is 65.8 Å². The minimum absolute atomic E-state index is 0.128. The highest BCUT2D eigenvalue weighted by Crippen LogP contribution is 2.32. The predicted octanol–water partition coefficient (Wildman–Crippen LogP) is 2.80. The van der Waals surface area contributed by atoms with E-state index >= 15 is 0 Å². The van der Waals surface area contributed by atoms with E-state index in [4.69, 9.17) is 0 Å². The van der Waals surface area contributed by atoms with Crippen LogP contribution in [0.1, 0.15) is 59.8 Å². The summed E-state index contributed by atoms with van der Waals surface area (Å²) in [4.78, 5) is 15.0. The number of amides is 1. The molecule has 1 rings (SSSR count). The van der Waals surface area contributed by atoms with E-state index in [0.29, 0.717) is 11.9 Å². The zero-order valence-corrected chi connectivity index (χ0v) is 12.6. The maximum Gasteiger partial charge on any atom is 0.230 e. The summed E-state index contributed by atoms with van der Waals surface area (Å²) in [6.07, 6.45) is 5.27. The molecular weight excluding hydrogens is 224 g/mol. The van der Waals surface area contributed by atoms with Gasteiger partial charge in [0.2, 0.25) is 5.91 Å². The van der Waals surface area contributed by atoms with Gasteiger partial charge in [0, 0.05) is 19.1 Å². The summed E-state index contributed by atoms with van der Waals surface area (Å²) in [5.41, 5.74) is -0.128. The van der Waals surface area contributed by atoms with Crippen molar-refractivity contribution >= 4 is 5.91 Å². The molecule has 106 valence electrons. The van der Waals surface area contributed by atoms with Gasteiger partial charge < -0.3 is 10.2 Å². The molecule has 0 aromatic heterocycles. The highest BCUT2D eigenvalue weighted by atomic mass is 16.2. The van der Waals surface area contributed by atoms with Gasteiger partial charge in [0.05, 0.1) is 5.41 Å². The van der Waals surface area contributed by atoms with Gasteiger partial charge in [-0.2, -0.15) is 0 Å². The summed E-state index contributed by atoms with van der Waals surface area (Å²) in [6, 6.07) is 0.369. The van der Waals surface area contributed by atoms with E-state index in [-0.39, 0.29) is 5.41 Å². The molecule has 1 aliphatic rings. The van der Waals surface area contributed by atoms with Gasteiger partial charge in [-0.3, -0.25) is 4.79 Å². The Morgan fingerprint density at radius 3 is 2.56 bits per heavy atom. The molecule has 2 atom stereocenters. The van der Waals surface area contributed by atoms with Crippen molar-refractivity contribution in [2.24, 2.45) is 5.41 Å². The quantitative estimate of drug-likeness (QED) is 0.757. The first-order valence-electron chi connectivity index (χ1n) is 7.63. The molecular formula is C15H30N2O. The maximum absolute atomic E-state index is 12.9. The second-order valence-electron chi connectivity index (χ2n) is 5.67. The van der Waals surface area contributed by atoms with Crippen LogP contribution in [0.4, 0.5) is 0 Å². The molecule has 0 radical (unpaired) electrons. The molecule has 0 aromatic rings. The predicted molar refractivity (Wildman–Crippen MR) is 76.6 cm³/mol. The Hall–Kier alpha value is -0.570. The first kappa shape index (κ1) is 15.5. The molecule has 0 bridgehead atoms. The normalized spacial score (nSPS) is 25.1. The summed E-state index contributed by atoms with van der Waals surface area (Å²) < 4.78 is 0. The highest BCUT2D eigenvalue weighted by molar-refractivity contribution is 5.83. The third-order valence-corrected chi connectivity index (χ3v) is 4.51. The number of hydrogen-bond donors (Lipinski definition) is 1. The molecule has 3 heteroatoms. The average Bonchev–Trinajstić information content (AvgIpc) is 2.88. The molecule has 1 N–H and O–H groups in total. The van der Waals surface area contributed by atoms with Gasteiger partial charge in [0.1, 0.15) is 0 Å². The molecule has 0 aliphatic carbocycles. The molecule has 3 nitrogen and oxygen atoms in total. The lowest BCUT2D eigenvalue weighted by Gasteiger charge is -2.37. The van der Waals surface area contributed by atoms with Crippen molar-refractivity contribution in [1.82, 2.24) is 10.2 Å². The molecule has 1 saturated heterocycles. The molecule has 1 amide bonds. The summed E-state index contributed by atoms with van der Waals surface area (Å²) in [5, 5.41) is 3.37. The number of carbonyl (C=O) groups is 1. The fourth-order valence-electron chi connectivity index (χ4n) is 2.75. The Kier molecular flexibility index (Phi) is 6.13. The third-order valence-electron chi connectivity index (χ3n) is 4.51. The second kappa shape index (κ2) is 7.13. The number of carbonyl (C=O) groups excluding carboxylic acids is 1. The van der Waals surface area contributed by atoms with E-state index in [1.54, 1.807) is 0 Å². The Morgan fingerprint density at radius 1 is 1.39 bits per heavy atom. The van der Waals surface area contributed by atoms with E-state index in [0.717, 1.165) is 51.7 Å². The van der Waals surface area contributed by atoms with Gasteiger partial charge in [-0.25, -0.2) is 0 Å². The molecule has 0 saturated carbocycles. The molecule has 18 heavy (non-hydrogen) atoms. The second-order valence-corrected chi connectivity index (χ2v) is 5.67. The van der Waals surface area contributed by atoms with Gasteiger partial charge in [-0.05, 0) is 39.2 Å². The van der Waals surface area contributed by atoms with Crippen LogP contribution in [0.5, 0.6) is 0 Å². The number of unbranched alkanes of at least 4 members (excludes halogenated alkanes) is 1. The first-order valence-corrected chi connectivity index (χ1v) is 7.63. The van der Waals surface area contributed by atoms with E-state index in [9.17, 15) is 4.79 Å². The van der Waals surface area contributed by atoms with Gasteiger partial charge in [-0.15, -0.1) is 0 Å². The van der Waals surface area contributed by atoms with E-state index < -0.39 is 0 Å². The van der Waals surface area contributed by atoms with Crippen molar-refractivity contribution in [3.63, 3.8) is 0 Å². The van der Waals surface area contributed by atoms with Gasteiger partial charge in [0.15, 0.2) is 0 Å². The summed E-state index contributed by atoms with van der Waals surface area (Å²) in [6.45, 7) is 11.5. The SMILES string of the molecule is CCCCN(C(=O)C1(CC)CCNC1)C(C)CC. The number of hydrogen-bond acceptors (Lipinski definition) is 2. The molecule has 1 aliphatic heterocycles. The standard InChI is InChI=1S/C15H30N2O/c1-5-8-11-17(13(4)6-2)14(18)15(7-3)9-10-16-12-15/h13,16H,5-12H2,1-4H3. The van der Waals surface area contributed by atoms with Gasteiger partial charge in [0.25, 0.3) is 0 Å². The monoisotopic (exact) mass is 254 g/mol. The van der Waals surface area contributed by atoms with Crippen LogP contribution in [-0.2, 0) is 4.79 Å². The number of nitrogens with one attached hydrogen (secondary N) is 1. The Balaban J connectivity index is 2.79. The smallest absolute Gasteiger partial charge is 0.230 e. The van der Waals surface area contributed by atoms with Crippen LogP contribution in [0.3, 0.4) is 0 Å². The van der Waals surface area contributed by atoms with Crippen LogP contribution >= 0.6 is 0 Å². The fourth-order valence-corrected chi connectivity index (χ4v) is 2.75. The Bertz CT molecular complexity index is 259. The highest BCUT2D eigenvalue weighted by Gasteiger charge is 2.42. The van der Waals surface area contributed by atoms with Gasteiger partial charge in [-0.1, -0.05) is 27.2 Å². The molecule has 1 heterocycles. The lowest BCUT2D eigenvalue weighted by molar-refractivity contribution is -0.143. The zero-order valence-electron chi connectivity index (χ0n) is 12.6. The lowest BCUT2D eigenvalue weighted by atomic mass is 9.82. The zero-order chi connectivity index (χ0) is 13.6. The maximum atomic E-state index is 12.9. The Labute approximate surface area is 112 Å². The van der Waals surface area contributed by atoms with Crippen LogP contribution < -0.4 is 5.32 Å². The van der Waals surface area contributed by atoms with Crippen LogP contribution in [0.15, 0.2) is 0 Å². The minimum Gasteiger partial charge on any atom is -0.339 e. The lowest BCUT2D eigenvalue weighted by Crippen LogP contribution is -2.49. The average molecular weight is 254 g/mol. The van der Waals surface area contributed by atoms with Crippen molar-refractivity contribution < 1.29 is 4.79 Å². The molecule has 0 aromatic carbocycles. The Morgan fingerprint density at radius 2 is 2.11 bits per heavy atom. The minimum atomic E-state index is -0.128.